The summed E-state index contributed by atoms with van der Waals surface area (Å²) in [5.74, 6) is 1.86. The summed E-state index contributed by atoms with van der Waals surface area (Å²) in [4.78, 5) is 15.5. The molecule has 11 aromatic rings. The standard InChI is InChI=1S/C55H35N3O/c1-3-11-36(12-4-1)37-21-23-38(24-22-37)39-25-29-42(30-26-39)53-56-54(43-31-27-40(28-32-43)44-33-34-49-48-15-7-8-20-51(48)59-52(49)35-44)58-55(57-53)50-19-10-17-46-45(16-9-18-47(46)50)41-13-5-2-6-14-41/h1-35H. The summed E-state index contributed by atoms with van der Waals surface area (Å²) < 4.78 is 6.21. The minimum atomic E-state index is 0.612. The molecule has 0 amide bonds. The monoisotopic (exact) mass is 753 g/mol. The van der Waals surface area contributed by atoms with E-state index in [1.54, 1.807) is 0 Å². The first kappa shape index (κ1) is 34.3. The molecule has 4 nitrogen and oxygen atoms in total. The van der Waals surface area contributed by atoms with Gasteiger partial charge in [0.15, 0.2) is 17.5 Å². The Kier molecular flexibility index (Phi) is 8.45. The van der Waals surface area contributed by atoms with Gasteiger partial charge in [0.2, 0.25) is 0 Å². The Hall–Kier alpha value is -7.95. The van der Waals surface area contributed by atoms with Crippen LogP contribution < -0.4 is 0 Å². The molecule has 11 rings (SSSR count). The maximum atomic E-state index is 6.21. The number of nitrogens with zero attached hydrogens (tertiary/aromatic N) is 3. The van der Waals surface area contributed by atoms with Crippen molar-refractivity contribution in [1.29, 1.82) is 0 Å². The molecule has 0 radical (unpaired) electrons. The summed E-state index contributed by atoms with van der Waals surface area (Å²) >= 11 is 0. The van der Waals surface area contributed by atoms with Crippen LogP contribution in [-0.4, -0.2) is 15.0 Å². The molecule has 2 heterocycles. The van der Waals surface area contributed by atoms with Gasteiger partial charge in [0, 0.05) is 27.5 Å². The fraction of sp³-hybridized carbons (Fsp3) is 0. The third-order valence-corrected chi connectivity index (χ3v) is 11.2. The van der Waals surface area contributed by atoms with Gasteiger partial charge in [-0.2, -0.15) is 0 Å². The van der Waals surface area contributed by atoms with E-state index in [0.717, 1.165) is 71.7 Å². The van der Waals surface area contributed by atoms with Crippen molar-refractivity contribution < 1.29 is 4.42 Å². The molecular weight excluding hydrogens is 719 g/mol. The molecule has 0 fully saturated rings. The highest BCUT2D eigenvalue weighted by molar-refractivity contribution is 6.06. The Morgan fingerprint density at radius 2 is 0.644 bits per heavy atom. The second-order valence-electron chi connectivity index (χ2n) is 14.8. The largest absolute Gasteiger partial charge is 0.456 e. The SMILES string of the molecule is c1ccc(-c2ccc(-c3ccc(-c4nc(-c5ccc(-c6ccc7c(c6)oc6ccccc67)cc5)nc(-c5cccc6c(-c7ccccc7)cccc56)n4)cc3)cc2)cc1. The molecule has 0 aliphatic heterocycles. The van der Waals surface area contributed by atoms with E-state index in [1.807, 2.05) is 30.3 Å². The summed E-state index contributed by atoms with van der Waals surface area (Å²) in [6.07, 6.45) is 0. The molecule has 0 saturated heterocycles. The average molecular weight is 754 g/mol. The summed E-state index contributed by atoms with van der Waals surface area (Å²) in [6, 6.07) is 74.1. The zero-order chi connectivity index (χ0) is 39.1. The normalized spacial score (nSPS) is 11.4. The van der Waals surface area contributed by atoms with E-state index in [9.17, 15) is 0 Å². The van der Waals surface area contributed by atoms with Crippen LogP contribution >= 0.6 is 0 Å². The number of rotatable bonds is 7. The van der Waals surface area contributed by atoms with Crippen LogP contribution in [0.1, 0.15) is 0 Å². The molecule has 0 saturated carbocycles. The molecule has 0 N–H and O–H groups in total. The minimum absolute atomic E-state index is 0.612. The summed E-state index contributed by atoms with van der Waals surface area (Å²) in [6.45, 7) is 0. The predicted octanol–water partition coefficient (Wildman–Crippen LogP) is 14.6. The molecule has 0 aliphatic rings. The van der Waals surface area contributed by atoms with E-state index < -0.39 is 0 Å². The van der Waals surface area contributed by atoms with Gasteiger partial charge in [0.25, 0.3) is 0 Å². The number of furan rings is 1. The van der Waals surface area contributed by atoms with Crippen molar-refractivity contribution in [2.45, 2.75) is 0 Å². The van der Waals surface area contributed by atoms with Gasteiger partial charge in [-0.3, -0.25) is 0 Å². The van der Waals surface area contributed by atoms with Crippen molar-refractivity contribution >= 4 is 32.7 Å². The fourth-order valence-corrected chi connectivity index (χ4v) is 8.14. The second-order valence-corrected chi connectivity index (χ2v) is 14.8. The van der Waals surface area contributed by atoms with Crippen molar-refractivity contribution in [3.63, 3.8) is 0 Å². The first-order valence-corrected chi connectivity index (χ1v) is 19.8. The maximum Gasteiger partial charge on any atom is 0.164 e. The highest BCUT2D eigenvalue weighted by Gasteiger charge is 2.17. The van der Waals surface area contributed by atoms with E-state index >= 15 is 0 Å². The van der Waals surface area contributed by atoms with Gasteiger partial charge in [0.05, 0.1) is 0 Å². The average Bonchev–Trinajstić information content (AvgIpc) is 3.70. The lowest BCUT2D eigenvalue weighted by molar-refractivity contribution is 0.669. The molecule has 0 atom stereocenters. The van der Waals surface area contributed by atoms with Crippen LogP contribution in [0.25, 0.3) is 111 Å². The molecule has 9 aromatic carbocycles. The van der Waals surface area contributed by atoms with Crippen LogP contribution in [0.15, 0.2) is 217 Å². The second kappa shape index (κ2) is 14.5. The lowest BCUT2D eigenvalue weighted by Gasteiger charge is -2.13. The molecule has 59 heavy (non-hydrogen) atoms. The van der Waals surface area contributed by atoms with Gasteiger partial charge in [-0.25, -0.2) is 15.0 Å². The molecular formula is C55H35N3O. The number of benzene rings is 9. The number of hydrogen-bond acceptors (Lipinski definition) is 4. The number of aromatic nitrogens is 3. The Labute approximate surface area is 341 Å². The molecule has 2 aromatic heterocycles. The van der Waals surface area contributed by atoms with E-state index in [1.165, 1.54) is 22.3 Å². The van der Waals surface area contributed by atoms with Gasteiger partial charge in [-0.1, -0.05) is 194 Å². The summed E-state index contributed by atoms with van der Waals surface area (Å²) in [5, 5.41) is 4.47. The summed E-state index contributed by atoms with van der Waals surface area (Å²) in [7, 11) is 0. The highest BCUT2D eigenvalue weighted by atomic mass is 16.3. The third kappa shape index (κ3) is 6.43. The highest BCUT2D eigenvalue weighted by Crippen LogP contribution is 2.37. The quantitative estimate of drug-likeness (QED) is 0.163. The van der Waals surface area contributed by atoms with Crippen LogP contribution in [0.3, 0.4) is 0 Å². The van der Waals surface area contributed by atoms with E-state index in [-0.39, 0.29) is 0 Å². The van der Waals surface area contributed by atoms with Crippen LogP contribution in [0.2, 0.25) is 0 Å². The van der Waals surface area contributed by atoms with E-state index in [2.05, 4.69) is 182 Å². The number of hydrogen-bond donors (Lipinski definition) is 0. The van der Waals surface area contributed by atoms with Gasteiger partial charge >= 0.3 is 0 Å². The Morgan fingerprint density at radius 1 is 0.237 bits per heavy atom. The van der Waals surface area contributed by atoms with Crippen LogP contribution in [-0.2, 0) is 0 Å². The van der Waals surface area contributed by atoms with Crippen LogP contribution in [0, 0.1) is 0 Å². The molecule has 0 unspecified atom stereocenters. The van der Waals surface area contributed by atoms with Gasteiger partial charge < -0.3 is 4.42 Å². The predicted molar refractivity (Wildman–Crippen MR) is 243 cm³/mol. The smallest absolute Gasteiger partial charge is 0.164 e. The Balaban J connectivity index is 0.990. The van der Waals surface area contributed by atoms with Crippen LogP contribution in [0.5, 0.6) is 0 Å². The zero-order valence-corrected chi connectivity index (χ0v) is 32.0. The Morgan fingerprint density at radius 3 is 1.25 bits per heavy atom. The lowest BCUT2D eigenvalue weighted by Crippen LogP contribution is -2.00. The van der Waals surface area contributed by atoms with Gasteiger partial charge in [0.1, 0.15) is 11.2 Å². The lowest BCUT2D eigenvalue weighted by atomic mass is 9.95. The van der Waals surface area contributed by atoms with Crippen molar-refractivity contribution in [2.75, 3.05) is 0 Å². The number of para-hydroxylation sites is 1. The van der Waals surface area contributed by atoms with E-state index in [4.69, 9.17) is 19.4 Å². The minimum Gasteiger partial charge on any atom is -0.456 e. The van der Waals surface area contributed by atoms with Crippen molar-refractivity contribution in [3.05, 3.63) is 212 Å². The molecule has 276 valence electrons. The maximum absolute atomic E-state index is 6.21. The van der Waals surface area contributed by atoms with Crippen molar-refractivity contribution in [3.8, 4) is 78.7 Å². The van der Waals surface area contributed by atoms with Gasteiger partial charge in [-0.05, 0) is 73.5 Å². The van der Waals surface area contributed by atoms with Crippen molar-refractivity contribution in [1.82, 2.24) is 15.0 Å². The topological polar surface area (TPSA) is 51.8 Å². The molecule has 4 heteroatoms. The molecule has 0 aliphatic carbocycles. The summed E-state index contributed by atoms with van der Waals surface area (Å²) in [5.41, 5.74) is 13.7. The zero-order valence-electron chi connectivity index (χ0n) is 32.0. The van der Waals surface area contributed by atoms with E-state index in [0.29, 0.717) is 17.5 Å². The first-order chi connectivity index (χ1) is 29.2. The van der Waals surface area contributed by atoms with Crippen LogP contribution in [0.4, 0.5) is 0 Å². The number of fused-ring (bicyclic) bond motifs is 4. The van der Waals surface area contributed by atoms with Gasteiger partial charge in [-0.15, -0.1) is 0 Å². The Bertz CT molecular complexity index is 3280. The molecule has 0 bridgehead atoms. The fourth-order valence-electron chi connectivity index (χ4n) is 8.14. The first-order valence-electron chi connectivity index (χ1n) is 19.8. The van der Waals surface area contributed by atoms with Crippen molar-refractivity contribution in [2.24, 2.45) is 0 Å². The third-order valence-electron chi connectivity index (χ3n) is 11.2. The molecule has 0 spiro atoms.